The van der Waals surface area contributed by atoms with Gasteiger partial charge in [-0.15, -0.1) is 0 Å². The predicted molar refractivity (Wildman–Crippen MR) is 180 cm³/mol. The summed E-state index contributed by atoms with van der Waals surface area (Å²) in [5, 5.41) is 23.1. The van der Waals surface area contributed by atoms with E-state index in [9.17, 15) is 20.0 Å². The van der Waals surface area contributed by atoms with Crippen LogP contribution in [0, 0.1) is 11.3 Å². The summed E-state index contributed by atoms with van der Waals surface area (Å²) in [5.74, 6) is 0.996. The number of aliphatic hydroxyl groups excluding tert-OH is 1. The minimum Gasteiger partial charge on any atom is -0.496 e. The predicted octanol–water partition coefficient (Wildman–Crippen LogP) is 5.70. The van der Waals surface area contributed by atoms with E-state index in [0.29, 0.717) is 71.2 Å². The van der Waals surface area contributed by atoms with Crippen molar-refractivity contribution in [3.05, 3.63) is 65.9 Å². The molecule has 256 valence electrons. The molecule has 2 aromatic carbocycles. The van der Waals surface area contributed by atoms with Crippen molar-refractivity contribution in [1.29, 1.82) is 5.26 Å². The Bertz CT molecular complexity index is 1900. The van der Waals surface area contributed by atoms with Crippen molar-refractivity contribution in [3.63, 3.8) is 0 Å². The number of pyridine rings is 1. The second-order valence-corrected chi connectivity index (χ2v) is 13.4. The lowest BCUT2D eigenvalue weighted by molar-refractivity contribution is 0.0253. The van der Waals surface area contributed by atoms with E-state index in [1.165, 1.54) is 12.0 Å². The lowest BCUT2D eigenvalue weighted by Gasteiger charge is -2.29. The lowest BCUT2D eigenvalue weighted by Crippen LogP contribution is -2.53. The van der Waals surface area contributed by atoms with Gasteiger partial charge in [0.2, 0.25) is 0 Å². The van der Waals surface area contributed by atoms with Gasteiger partial charge in [0.15, 0.2) is 5.58 Å². The number of nitrogens with one attached hydrogen (secondary N) is 1. The average molecular weight is 669 g/mol. The first-order valence-electron chi connectivity index (χ1n) is 16.3. The fraction of sp³-hybridized carbons (Fsp3) is 0.405. The van der Waals surface area contributed by atoms with Gasteiger partial charge in [-0.25, -0.2) is 4.79 Å². The van der Waals surface area contributed by atoms with Crippen LogP contribution in [-0.4, -0.2) is 84.3 Å². The Morgan fingerprint density at radius 3 is 2.61 bits per heavy atom. The van der Waals surface area contributed by atoms with Crippen LogP contribution in [0.5, 0.6) is 11.5 Å². The van der Waals surface area contributed by atoms with E-state index in [1.54, 1.807) is 57.3 Å². The number of nitriles is 1. The average Bonchev–Trinajstić information content (AvgIpc) is 3.73. The molecule has 2 N–H and O–H groups in total. The molecule has 2 amide bonds. The van der Waals surface area contributed by atoms with Crippen LogP contribution >= 0.6 is 0 Å². The van der Waals surface area contributed by atoms with Crippen LogP contribution in [0.25, 0.3) is 33.6 Å². The number of carbonyl (C=O) groups is 2. The fourth-order valence-electron chi connectivity index (χ4n) is 6.13. The molecule has 1 unspecified atom stereocenters. The van der Waals surface area contributed by atoms with Gasteiger partial charge < -0.3 is 38.7 Å². The Morgan fingerprint density at radius 2 is 1.90 bits per heavy atom. The van der Waals surface area contributed by atoms with E-state index < -0.39 is 23.1 Å². The number of aromatic nitrogens is 1. The number of fused-ring (bicyclic) bond motifs is 1. The Kier molecular flexibility index (Phi) is 9.50. The molecule has 0 radical (unpaired) electrons. The monoisotopic (exact) mass is 668 g/mol. The topological polar surface area (TPSA) is 156 Å². The molecule has 12 heteroatoms. The van der Waals surface area contributed by atoms with Crippen molar-refractivity contribution in [2.75, 3.05) is 40.0 Å². The molecule has 6 rings (SSSR count). The number of aliphatic hydroxyl groups is 1. The summed E-state index contributed by atoms with van der Waals surface area (Å²) in [6.45, 7) is 6.76. The second kappa shape index (κ2) is 13.8. The summed E-state index contributed by atoms with van der Waals surface area (Å²) in [6, 6.07) is 16.4. The van der Waals surface area contributed by atoms with Crippen LogP contribution in [-0.2, 0) is 9.47 Å². The van der Waals surface area contributed by atoms with Gasteiger partial charge in [-0.3, -0.25) is 9.78 Å². The van der Waals surface area contributed by atoms with Gasteiger partial charge in [-0.05, 0) is 69.2 Å². The number of furan rings is 1. The molecule has 1 atom stereocenters. The lowest BCUT2D eigenvalue weighted by atomic mass is 9.98. The first-order chi connectivity index (χ1) is 23.5. The van der Waals surface area contributed by atoms with Crippen LogP contribution in [0.15, 0.2) is 59.1 Å². The number of carbonyl (C=O) groups excluding carboxylic acids is 2. The van der Waals surface area contributed by atoms with Crippen molar-refractivity contribution in [2.24, 2.45) is 0 Å². The highest BCUT2D eigenvalue weighted by Gasteiger charge is 2.42. The maximum Gasteiger partial charge on any atom is 0.410 e. The molecule has 2 aliphatic rings. The number of rotatable bonds is 8. The summed E-state index contributed by atoms with van der Waals surface area (Å²) in [4.78, 5) is 32.0. The van der Waals surface area contributed by atoms with E-state index in [4.69, 9.17) is 23.4 Å². The molecule has 0 spiro atoms. The number of likely N-dealkylation sites (tertiary alicyclic amines) is 1. The molecular formula is C37H40N4O8. The highest BCUT2D eigenvalue weighted by Crippen LogP contribution is 2.39. The van der Waals surface area contributed by atoms with Crippen molar-refractivity contribution in [1.82, 2.24) is 15.2 Å². The zero-order chi connectivity index (χ0) is 34.8. The summed E-state index contributed by atoms with van der Waals surface area (Å²) < 4.78 is 29.1. The number of hydrogen-bond donors (Lipinski definition) is 2. The number of nitrogens with zero attached hydrogens (tertiary/aromatic N) is 3. The van der Waals surface area contributed by atoms with Gasteiger partial charge in [0.1, 0.15) is 40.6 Å². The minimum absolute atomic E-state index is 0.00688. The molecule has 2 saturated heterocycles. The first kappa shape index (κ1) is 33.8. The van der Waals surface area contributed by atoms with Crippen molar-refractivity contribution in [2.45, 2.75) is 57.3 Å². The largest absolute Gasteiger partial charge is 0.496 e. The highest BCUT2D eigenvalue weighted by molar-refractivity contribution is 5.97. The summed E-state index contributed by atoms with van der Waals surface area (Å²) in [7, 11) is 1.51. The molecule has 12 nitrogen and oxygen atoms in total. The standard InChI is InChI=1S/C37H40N4O8/c1-36(2,3)49-35(44)41-14-12-37(21-41,22-42)40-34(43)24-5-7-28(31(18-24)45-4)32-19-29-33(48-32)27(9-13-39-29)23-6-8-30(25(17-23)20-38)47-26-10-15-46-16-11-26/h5-9,13,17-19,26,42H,10-12,14-16,21-22H2,1-4H3,(H,40,43). The number of amides is 2. The summed E-state index contributed by atoms with van der Waals surface area (Å²) in [5.41, 5.74) is 2.34. The van der Waals surface area contributed by atoms with Gasteiger partial charge in [0.05, 0.1) is 43.6 Å². The highest BCUT2D eigenvalue weighted by atomic mass is 16.6. The number of methoxy groups -OCH3 is 1. The number of ether oxygens (including phenoxy) is 4. The number of hydrogen-bond acceptors (Lipinski definition) is 10. The van der Waals surface area contributed by atoms with E-state index in [1.807, 2.05) is 18.2 Å². The SMILES string of the molecule is COc1cc(C(=O)NC2(CO)CCN(C(=O)OC(C)(C)C)C2)ccc1-c1cc2nccc(-c3ccc(OC4CCOCC4)c(C#N)c3)c2o1. The molecule has 4 aromatic rings. The van der Waals surface area contributed by atoms with E-state index >= 15 is 0 Å². The minimum atomic E-state index is -1.01. The quantitative estimate of drug-likeness (QED) is 0.239. The Balaban J connectivity index is 1.23. The second-order valence-electron chi connectivity index (χ2n) is 13.4. The van der Waals surface area contributed by atoms with Gasteiger partial charge in [0.25, 0.3) is 5.91 Å². The Morgan fingerprint density at radius 1 is 1.10 bits per heavy atom. The van der Waals surface area contributed by atoms with Crippen LogP contribution in [0.3, 0.4) is 0 Å². The van der Waals surface area contributed by atoms with Crippen LogP contribution in [0.1, 0.15) is 56.0 Å². The molecule has 2 aliphatic heterocycles. The third kappa shape index (κ3) is 7.33. The first-order valence-corrected chi connectivity index (χ1v) is 16.3. The van der Waals surface area contributed by atoms with Gasteiger partial charge in [-0.2, -0.15) is 5.26 Å². The van der Waals surface area contributed by atoms with E-state index in [-0.39, 0.29) is 19.3 Å². The zero-order valence-electron chi connectivity index (χ0n) is 28.1. The van der Waals surface area contributed by atoms with Crippen LogP contribution in [0.2, 0.25) is 0 Å². The Hall–Kier alpha value is -5.12. The van der Waals surface area contributed by atoms with Gasteiger partial charge in [-0.1, -0.05) is 6.07 Å². The molecule has 49 heavy (non-hydrogen) atoms. The molecule has 2 fully saturated rings. The number of benzene rings is 2. The van der Waals surface area contributed by atoms with Crippen molar-refractivity contribution in [3.8, 4) is 40.0 Å². The summed E-state index contributed by atoms with van der Waals surface area (Å²) >= 11 is 0. The zero-order valence-corrected chi connectivity index (χ0v) is 28.1. The van der Waals surface area contributed by atoms with Crippen molar-refractivity contribution >= 4 is 23.1 Å². The van der Waals surface area contributed by atoms with Crippen molar-refractivity contribution < 1.29 is 38.1 Å². The maximum absolute atomic E-state index is 13.4. The molecule has 0 aliphatic carbocycles. The van der Waals surface area contributed by atoms with Gasteiger partial charge in [0, 0.05) is 49.3 Å². The molecule has 0 saturated carbocycles. The third-order valence-electron chi connectivity index (χ3n) is 8.70. The fourth-order valence-corrected chi connectivity index (χ4v) is 6.13. The molecule has 0 bridgehead atoms. The maximum atomic E-state index is 13.4. The molecular weight excluding hydrogens is 628 g/mol. The van der Waals surface area contributed by atoms with Crippen LogP contribution < -0.4 is 14.8 Å². The smallest absolute Gasteiger partial charge is 0.410 e. The normalized spacial score (nSPS) is 18.2. The Labute approximate surface area is 284 Å². The van der Waals surface area contributed by atoms with E-state index in [2.05, 4.69) is 16.4 Å². The summed E-state index contributed by atoms with van der Waals surface area (Å²) in [6.07, 6.45) is 3.13. The third-order valence-corrected chi connectivity index (χ3v) is 8.70. The molecule has 4 heterocycles. The van der Waals surface area contributed by atoms with Crippen LogP contribution in [0.4, 0.5) is 4.79 Å². The van der Waals surface area contributed by atoms with Gasteiger partial charge >= 0.3 is 6.09 Å². The van der Waals surface area contributed by atoms with E-state index in [0.717, 1.165) is 24.0 Å². The molecule has 2 aromatic heterocycles.